The number of benzene rings is 1. The molecule has 0 saturated heterocycles. The van der Waals surface area contributed by atoms with Crippen molar-refractivity contribution in [2.24, 2.45) is 0 Å². The van der Waals surface area contributed by atoms with Crippen LogP contribution >= 0.6 is 0 Å². The van der Waals surface area contributed by atoms with E-state index >= 15 is 0 Å². The molecule has 14 heavy (non-hydrogen) atoms. The first-order chi connectivity index (χ1) is 5.93. The van der Waals surface area contributed by atoms with E-state index in [-0.39, 0.29) is 48.6 Å². The van der Waals surface area contributed by atoms with Gasteiger partial charge in [-0.15, -0.1) is 0 Å². The van der Waals surface area contributed by atoms with E-state index in [1.165, 1.54) is 6.07 Å². The molecule has 0 spiro atoms. The number of rotatable bonds is 2. The van der Waals surface area contributed by atoms with E-state index in [9.17, 15) is 8.42 Å². The van der Waals surface area contributed by atoms with Crippen LogP contribution in [0.25, 0.3) is 0 Å². The fraction of sp³-hybridized carbons (Fsp3) is 0.333. The van der Waals surface area contributed by atoms with Gasteiger partial charge in [0.2, 0.25) is 0 Å². The third-order valence-electron chi connectivity index (χ3n) is 1.82. The fourth-order valence-corrected chi connectivity index (χ4v) is 2.04. The molecule has 1 rings (SSSR count). The molecule has 0 radical (unpaired) electrons. The zero-order valence-electron chi connectivity index (χ0n) is 7.56. The van der Waals surface area contributed by atoms with E-state index in [2.05, 4.69) is 0 Å². The van der Waals surface area contributed by atoms with Crippen molar-refractivity contribution in [3.05, 3.63) is 29.8 Å². The van der Waals surface area contributed by atoms with Crippen LogP contribution in [0.1, 0.15) is 25.3 Å². The van der Waals surface area contributed by atoms with Crippen LogP contribution in [0.15, 0.2) is 29.2 Å². The Labute approximate surface area is 114 Å². The molecular formula is C9H14CaO3S. The van der Waals surface area contributed by atoms with Gasteiger partial charge in [-0.05, 0) is 17.5 Å². The van der Waals surface area contributed by atoms with Gasteiger partial charge in [0.25, 0.3) is 10.1 Å². The van der Waals surface area contributed by atoms with Gasteiger partial charge in [0.15, 0.2) is 0 Å². The minimum atomic E-state index is -4.08. The fourth-order valence-electron chi connectivity index (χ4n) is 1.19. The van der Waals surface area contributed by atoms with Gasteiger partial charge >= 0.3 is 37.7 Å². The average Bonchev–Trinajstić information content (AvgIpc) is 2.03. The van der Waals surface area contributed by atoms with Crippen molar-refractivity contribution in [2.45, 2.75) is 24.7 Å². The van der Waals surface area contributed by atoms with Crippen LogP contribution in [0.2, 0.25) is 0 Å². The van der Waals surface area contributed by atoms with Crippen molar-refractivity contribution in [3.63, 3.8) is 0 Å². The van der Waals surface area contributed by atoms with Crippen LogP contribution in [0, 0.1) is 0 Å². The Morgan fingerprint density at radius 1 is 1.21 bits per heavy atom. The van der Waals surface area contributed by atoms with Gasteiger partial charge in [0.05, 0.1) is 4.90 Å². The molecule has 5 heteroatoms. The molecule has 76 valence electrons. The Hall–Kier alpha value is 0.390. The molecule has 0 bridgehead atoms. The van der Waals surface area contributed by atoms with Crippen molar-refractivity contribution in [1.29, 1.82) is 0 Å². The van der Waals surface area contributed by atoms with Crippen molar-refractivity contribution >= 4 is 47.9 Å². The molecule has 1 aromatic rings. The Morgan fingerprint density at radius 2 is 1.71 bits per heavy atom. The van der Waals surface area contributed by atoms with Crippen molar-refractivity contribution in [1.82, 2.24) is 0 Å². The van der Waals surface area contributed by atoms with E-state index in [1.54, 1.807) is 18.2 Å². The molecule has 0 aliphatic heterocycles. The van der Waals surface area contributed by atoms with Crippen molar-refractivity contribution < 1.29 is 13.0 Å². The van der Waals surface area contributed by atoms with Crippen molar-refractivity contribution in [3.8, 4) is 0 Å². The summed E-state index contributed by atoms with van der Waals surface area (Å²) in [4.78, 5) is 0.00463. The van der Waals surface area contributed by atoms with Crippen LogP contribution in [-0.2, 0) is 10.1 Å². The second-order valence-electron chi connectivity index (χ2n) is 3.17. The Morgan fingerprint density at radius 3 is 2.07 bits per heavy atom. The van der Waals surface area contributed by atoms with Gasteiger partial charge in [0.1, 0.15) is 0 Å². The predicted octanol–water partition coefficient (Wildman–Crippen LogP) is 1.14. The maximum atomic E-state index is 10.9. The summed E-state index contributed by atoms with van der Waals surface area (Å²) in [5, 5.41) is 0. The monoisotopic (exact) mass is 242 g/mol. The van der Waals surface area contributed by atoms with Gasteiger partial charge in [-0.1, -0.05) is 32.0 Å². The third-order valence-corrected chi connectivity index (χ3v) is 2.75. The summed E-state index contributed by atoms with van der Waals surface area (Å²) in [6.07, 6.45) is 0. The van der Waals surface area contributed by atoms with E-state index in [1.807, 2.05) is 13.8 Å². The quantitative estimate of drug-likeness (QED) is 0.625. The van der Waals surface area contributed by atoms with Gasteiger partial charge in [-0.25, -0.2) is 0 Å². The predicted molar refractivity (Wildman–Crippen MR) is 58.9 cm³/mol. The first kappa shape index (κ1) is 14.4. The summed E-state index contributed by atoms with van der Waals surface area (Å²) in [7, 11) is -4.08. The zero-order valence-corrected chi connectivity index (χ0v) is 8.38. The first-order valence-corrected chi connectivity index (χ1v) is 5.43. The number of hydrogen-bond acceptors (Lipinski definition) is 2. The van der Waals surface area contributed by atoms with Crippen LogP contribution in [0.4, 0.5) is 0 Å². The summed E-state index contributed by atoms with van der Waals surface area (Å²) in [5.41, 5.74) is 0.644. The molecule has 0 aromatic heterocycles. The van der Waals surface area contributed by atoms with Crippen molar-refractivity contribution in [2.75, 3.05) is 0 Å². The van der Waals surface area contributed by atoms with Crippen LogP contribution in [0.5, 0.6) is 0 Å². The summed E-state index contributed by atoms with van der Waals surface area (Å²) in [6.45, 7) is 3.76. The van der Waals surface area contributed by atoms with Crippen LogP contribution < -0.4 is 0 Å². The summed E-state index contributed by atoms with van der Waals surface area (Å²) in [6, 6.07) is 6.46. The second kappa shape index (κ2) is 5.47. The molecule has 1 N–H and O–H groups in total. The zero-order chi connectivity index (χ0) is 10.1. The SMILES string of the molecule is CC(C)c1ccccc1S(=O)(=O)O.[CaH2]. The first-order valence-electron chi connectivity index (χ1n) is 3.99. The molecule has 1 aromatic carbocycles. The van der Waals surface area contributed by atoms with E-state index in [4.69, 9.17) is 4.55 Å². The summed E-state index contributed by atoms with van der Waals surface area (Å²) < 4.78 is 30.7. The molecule has 0 unspecified atom stereocenters. The molecule has 0 amide bonds. The van der Waals surface area contributed by atoms with Gasteiger partial charge < -0.3 is 0 Å². The minimum absolute atomic E-state index is 0. The molecule has 3 nitrogen and oxygen atoms in total. The Balaban J connectivity index is 0.00000169. The van der Waals surface area contributed by atoms with Gasteiger partial charge in [-0.3, -0.25) is 4.55 Å². The maximum absolute atomic E-state index is 10.9. The molecular weight excluding hydrogens is 228 g/mol. The third kappa shape index (κ3) is 3.51. The van der Waals surface area contributed by atoms with Crippen LogP contribution in [-0.4, -0.2) is 50.7 Å². The van der Waals surface area contributed by atoms with Crippen LogP contribution in [0.3, 0.4) is 0 Å². The summed E-state index contributed by atoms with van der Waals surface area (Å²) in [5.74, 6) is 0.0816. The second-order valence-corrected chi connectivity index (χ2v) is 4.56. The average molecular weight is 242 g/mol. The number of hydrogen-bond donors (Lipinski definition) is 1. The summed E-state index contributed by atoms with van der Waals surface area (Å²) >= 11 is 0. The Bertz CT molecular complexity index is 398. The normalized spacial score (nSPS) is 11.1. The van der Waals surface area contributed by atoms with Gasteiger partial charge in [0, 0.05) is 0 Å². The topological polar surface area (TPSA) is 54.4 Å². The Kier molecular flexibility index (Phi) is 5.62. The van der Waals surface area contributed by atoms with E-state index in [0.717, 1.165) is 0 Å². The van der Waals surface area contributed by atoms with E-state index < -0.39 is 10.1 Å². The molecule has 0 aliphatic rings. The molecule has 0 saturated carbocycles. The molecule has 0 heterocycles. The molecule has 0 aliphatic carbocycles. The van der Waals surface area contributed by atoms with E-state index in [0.29, 0.717) is 5.56 Å². The molecule has 0 atom stereocenters. The molecule has 0 fully saturated rings. The standard InChI is InChI=1S/C9H12O3S.Ca.2H/c1-7(2)8-5-3-4-6-9(8)13(10,11)12;;;/h3-7H,1-2H3,(H,10,11,12);;;. The van der Waals surface area contributed by atoms with Gasteiger partial charge in [-0.2, -0.15) is 8.42 Å².